The smallest absolute Gasteiger partial charge is 0.225 e. The maximum Gasteiger partial charge on any atom is 0.225 e. The quantitative estimate of drug-likeness (QED) is 0.647. The predicted molar refractivity (Wildman–Crippen MR) is 89.3 cm³/mol. The molecule has 0 bridgehead atoms. The number of carbonyl (C=O) groups excluding carboxylic acids is 1. The van der Waals surface area contributed by atoms with Crippen molar-refractivity contribution in [2.45, 2.75) is 39.7 Å². The van der Waals surface area contributed by atoms with Gasteiger partial charge in [-0.1, -0.05) is 32.4 Å². The van der Waals surface area contributed by atoms with Gasteiger partial charge in [0, 0.05) is 24.4 Å². The first kappa shape index (κ1) is 17.1. The molecule has 112 valence electrons. The molecule has 3 nitrogen and oxygen atoms in total. The lowest BCUT2D eigenvalue weighted by Gasteiger charge is -2.08. The maximum atomic E-state index is 11.8. The summed E-state index contributed by atoms with van der Waals surface area (Å²) in [4.78, 5) is 11.8. The third-order valence-electron chi connectivity index (χ3n) is 2.91. The summed E-state index contributed by atoms with van der Waals surface area (Å²) >= 11 is 1.86. The third kappa shape index (κ3) is 7.56. The Morgan fingerprint density at radius 2 is 2.10 bits per heavy atom. The van der Waals surface area contributed by atoms with Gasteiger partial charge in [0.1, 0.15) is 0 Å². The van der Waals surface area contributed by atoms with Crippen LogP contribution in [-0.4, -0.2) is 24.0 Å². The lowest BCUT2D eigenvalue weighted by atomic mass is 10.2. The SMILES string of the molecule is CCCCSCCC(=O)Nc1cccc(CNCC)c1. The second-order valence-corrected chi connectivity index (χ2v) is 5.97. The minimum absolute atomic E-state index is 0.106. The largest absolute Gasteiger partial charge is 0.326 e. The fraction of sp³-hybridized carbons (Fsp3) is 0.562. The molecule has 1 aromatic carbocycles. The van der Waals surface area contributed by atoms with E-state index in [1.807, 2.05) is 30.0 Å². The zero-order chi connectivity index (χ0) is 14.6. The van der Waals surface area contributed by atoms with E-state index < -0.39 is 0 Å². The number of anilines is 1. The highest BCUT2D eigenvalue weighted by Crippen LogP contribution is 2.12. The summed E-state index contributed by atoms with van der Waals surface area (Å²) in [5.41, 5.74) is 2.09. The predicted octanol–water partition coefficient (Wildman–Crippen LogP) is 3.66. The summed E-state index contributed by atoms with van der Waals surface area (Å²) in [5.74, 6) is 2.17. The van der Waals surface area contributed by atoms with Gasteiger partial charge in [-0.05, 0) is 36.4 Å². The number of hydrogen-bond acceptors (Lipinski definition) is 3. The molecule has 0 fully saturated rings. The van der Waals surface area contributed by atoms with E-state index in [4.69, 9.17) is 0 Å². The van der Waals surface area contributed by atoms with Crippen molar-refractivity contribution in [3.8, 4) is 0 Å². The van der Waals surface area contributed by atoms with Gasteiger partial charge in [-0.25, -0.2) is 0 Å². The lowest BCUT2D eigenvalue weighted by molar-refractivity contribution is -0.115. The number of unbranched alkanes of at least 4 members (excludes halogenated alkanes) is 1. The summed E-state index contributed by atoms with van der Waals surface area (Å²) in [6.07, 6.45) is 3.04. The standard InChI is InChI=1S/C16H26N2OS/c1-3-5-10-20-11-9-16(19)18-15-8-6-7-14(12-15)13-17-4-2/h6-8,12,17H,3-5,9-11,13H2,1-2H3,(H,18,19). The monoisotopic (exact) mass is 294 g/mol. The Bertz CT molecular complexity index is 396. The van der Waals surface area contributed by atoms with E-state index in [2.05, 4.69) is 30.5 Å². The van der Waals surface area contributed by atoms with Crippen LogP contribution in [-0.2, 0) is 11.3 Å². The van der Waals surface area contributed by atoms with Crippen molar-refractivity contribution in [1.29, 1.82) is 0 Å². The highest BCUT2D eigenvalue weighted by molar-refractivity contribution is 7.99. The molecule has 0 heterocycles. The molecular formula is C16H26N2OS. The Balaban J connectivity index is 2.30. The molecule has 0 aliphatic rings. The number of benzene rings is 1. The number of nitrogens with one attached hydrogen (secondary N) is 2. The first-order valence-electron chi connectivity index (χ1n) is 7.43. The molecule has 2 N–H and O–H groups in total. The number of amides is 1. The number of rotatable bonds is 10. The first-order chi connectivity index (χ1) is 9.76. The van der Waals surface area contributed by atoms with Gasteiger partial charge in [0.15, 0.2) is 0 Å². The fourth-order valence-corrected chi connectivity index (χ4v) is 2.79. The Labute approximate surface area is 126 Å². The second-order valence-electron chi connectivity index (χ2n) is 4.74. The third-order valence-corrected chi connectivity index (χ3v) is 3.98. The van der Waals surface area contributed by atoms with E-state index >= 15 is 0 Å². The van der Waals surface area contributed by atoms with Crippen LogP contribution in [0.15, 0.2) is 24.3 Å². The minimum Gasteiger partial charge on any atom is -0.326 e. The Hall–Kier alpha value is -1.00. The van der Waals surface area contributed by atoms with Crippen LogP contribution in [0, 0.1) is 0 Å². The van der Waals surface area contributed by atoms with E-state index in [0.29, 0.717) is 6.42 Å². The van der Waals surface area contributed by atoms with Gasteiger partial charge < -0.3 is 10.6 Å². The Morgan fingerprint density at radius 1 is 1.25 bits per heavy atom. The number of carbonyl (C=O) groups is 1. The van der Waals surface area contributed by atoms with Crippen molar-refractivity contribution < 1.29 is 4.79 Å². The van der Waals surface area contributed by atoms with Gasteiger partial charge in [0.25, 0.3) is 0 Å². The molecule has 0 aromatic heterocycles. The molecule has 0 spiro atoms. The van der Waals surface area contributed by atoms with E-state index in [1.165, 1.54) is 18.4 Å². The molecule has 1 aromatic rings. The fourth-order valence-electron chi connectivity index (χ4n) is 1.77. The molecule has 20 heavy (non-hydrogen) atoms. The van der Waals surface area contributed by atoms with Crippen molar-refractivity contribution >= 4 is 23.4 Å². The van der Waals surface area contributed by atoms with Crippen LogP contribution in [0.2, 0.25) is 0 Å². The summed E-state index contributed by atoms with van der Waals surface area (Å²) in [5, 5.41) is 6.25. The molecule has 4 heteroatoms. The van der Waals surface area contributed by atoms with Crippen LogP contribution in [0.25, 0.3) is 0 Å². The van der Waals surface area contributed by atoms with E-state index in [9.17, 15) is 4.79 Å². The molecule has 0 atom stereocenters. The first-order valence-corrected chi connectivity index (χ1v) is 8.59. The summed E-state index contributed by atoms with van der Waals surface area (Å²) in [6, 6.07) is 8.03. The van der Waals surface area contributed by atoms with Crippen molar-refractivity contribution in [2.24, 2.45) is 0 Å². The highest BCUT2D eigenvalue weighted by Gasteiger charge is 2.03. The van der Waals surface area contributed by atoms with E-state index in [-0.39, 0.29) is 5.91 Å². The molecular weight excluding hydrogens is 268 g/mol. The highest BCUT2D eigenvalue weighted by atomic mass is 32.2. The van der Waals surface area contributed by atoms with Gasteiger partial charge in [-0.2, -0.15) is 11.8 Å². The zero-order valence-electron chi connectivity index (χ0n) is 12.6. The van der Waals surface area contributed by atoms with Crippen LogP contribution in [0.4, 0.5) is 5.69 Å². The van der Waals surface area contributed by atoms with Crippen LogP contribution in [0.1, 0.15) is 38.7 Å². The second kappa shape index (κ2) is 10.7. The van der Waals surface area contributed by atoms with Gasteiger partial charge in [-0.15, -0.1) is 0 Å². The van der Waals surface area contributed by atoms with Crippen molar-refractivity contribution in [3.63, 3.8) is 0 Å². The lowest BCUT2D eigenvalue weighted by Crippen LogP contribution is -2.14. The Morgan fingerprint density at radius 3 is 2.85 bits per heavy atom. The molecule has 0 unspecified atom stereocenters. The molecule has 0 aliphatic heterocycles. The van der Waals surface area contributed by atoms with Crippen molar-refractivity contribution in [1.82, 2.24) is 5.32 Å². The molecule has 0 saturated carbocycles. The van der Waals surface area contributed by atoms with Crippen molar-refractivity contribution in [3.05, 3.63) is 29.8 Å². The van der Waals surface area contributed by atoms with Crippen LogP contribution in [0.5, 0.6) is 0 Å². The molecule has 1 rings (SSSR count). The van der Waals surface area contributed by atoms with Gasteiger partial charge >= 0.3 is 0 Å². The molecule has 0 radical (unpaired) electrons. The van der Waals surface area contributed by atoms with Gasteiger partial charge in [-0.3, -0.25) is 4.79 Å². The van der Waals surface area contributed by atoms with Crippen LogP contribution >= 0.6 is 11.8 Å². The minimum atomic E-state index is 0.106. The summed E-state index contributed by atoms with van der Waals surface area (Å²) in [6.45, 7) is 6.06. The maximum absolute atomic E-state index is 11.8. The number of hydrogen-bond donors (Lipinski definition) is 2. The summed E-state index contributed by atoms with van der Waals surface area (Å²) < 4.78 is 0. The Kier molecular flexibility index (Phi) is 9.16. The van der Waals surface area contributed by atoms with E-state index in [1.54, 1.807) is 0 Å². The van der Waals surface area contributed by atoms with Gasteiger partial charge in [0.2, 0.25) is 5.91 Å². The average molecular weight is 294 g/mol. The van der Waals surface area contributed by atoms with Crippen LogP contribution in [0.3, 0.4) is 0 Å². The zero-order valence-corrected chi connectivity index (χ0v) is 13.4. The summed E-state index contributed by atoms with van der Waals surface area (Å²) in [7, 11) is 0. The normalized spacial score (nSPS) is 10.5. The topological polar surface area (TPSA) is 41.1 Å². The molecule has 0 aliphatic carbocycles. The number of thioether (sulfide) groups is 1. The van der Waals surface area contributed by atoms with Crippen molar-refractivity contribution in [2.75, 3.05) is 23.4 Å². The molecule has 1 amide bonds. The van der Waals surface area contributed by atoms with Crippen LogP contribution < -0.4 is 10.6 Å². The van der Waals surface area contributed by atoms with Gasteiger partial charge in [0.05, 0.1) is 0 Å². The average Bonchev–Trinajstić information content (AvgIpc) is 2.45. The molecule has 0 saturated heterocycles. The van der Waals surface area contributed by atoms with E-state index in [0.717, 1.165) is 30.3 Å².